The van der Waals surface area contributed by atoms with Crippen molar-refractivity contribution in [1.29, 1.82) is 0 Å². The van der Waals surface area contributed by atoms with E-state index in [0.717, 1.165) is 6.42 Å². The lowest BCUT2D eigenvalue weighted by Crippen LogP contribution is -1.84. The first-order chi connectivity index (χ1) is 6.33. The Morgan fingerprint density at radius 2 is 2.00 bits per heavy atom. The van der Waals surface area contributed by atoms with Gasteiger partial charge in [-0.05, 0) is 24.1 Å². The highest BCUT2D eigenvalue weighted by molar-refractivity contribution is 5.98. The summed E-state index contributed by atoms with van der Waals surface area (Å²) in [5.41, 5.74) is 1.20. The van der Waals surface area contributed by atoms with E-state index in [4.69, 9.17) is 0 Å². The van der Waals surface area contributed by atoms with Gasteiger partial charge >= 0.3 is 0 Å². The van der Waals surface area contributed by atoms with Gasteiger partial charge < -0.3 is 0 Å². The molecular weight excluding hydrogens is 160 g/mol. The van der Waals surface area contributed by atoms with Gasteiger partial charge in [0.2, 0.25) is 0 Å². The van der Waals surface area contributed by atoms with Crippen molar-refractivity contribution in [3.8, 4) is 0 Å². The Bertz CT molecular complexity index is 309. The van der Waals surface area contributed by atoms with Crippen LogP contribution in [-0.4, -0.2) is 5.78 Å². The minimum atomic E-state index is -0.0454. The summed E-state index contributed by atoms with van der Waals surface area (Å²) in [4.78, 5) is 10.8. The first kappa shape index (κ1) is 9.46. The van der Waals surface area contributed by atoms with E-state index >= 15 is 0 Å². The van der Waals surface area contributed by atoms with E-state index in [1.165, 1.54) is 11.6 Å². The molecule has 0 aliphatic rings. The summed E-state index contributed by atoms with van der Waals surface area (Å²) in [5.74, 6) is -0.0454. The number of allylic oxidation sites excluding steroid dienone is 3. The fraction of sp³-hybridized carbons (Fsp3) is 0.0833. The molecule has 0 atom stereocenters. The van der Waals surface area contributed by atoms with Crippen LogP contribution in [0.4, 0.5) is 0 Å². The van der Waals surface area contributed by atoms with Gasteiger partial charge in [-0.1, -0.05) is 43.0 Å². The maximum absolute atomic E-state index is 10.8. The molecule has 0 aliphatic carbocycles. The molecule has 0 radical (unpaired) electrons. The van der Waals surface area contributed by atoms with E-state index in [9.17, 15) is 4.79 Å². The number of carbonyl (C=O) groups is 1. The molecule has 0 aromatic heterocycles. The zero-order valence-electron chi connectivity index (χ0n) is 7.44. The number of rotatable bonds is 4. The zero-order chi connectivity index (χ0) is 9.52. The summed E-state index contributed by atoms with van der Waals surface area (Å²) in [6.07, 6.45) is 5.49. The molecular formula is C12H12O. The molecule has 1 rings (SSSR count). The van der Waals surface area contributed by atoms with Crippen molar-refractivity contribution >= 4 is 5.78 Å². The second-order valence-corrected chi connectivity index (χ2v) is 2.70. The van der Waals surface area contributed by atoms with E-state index in [-0.39, 0.29) is 5.78 Å². The van der Waals surface area contributed by atoms with Crippen molar-refractivity contribution in [1.82, 2.24) is 0 Å². The van der Waals surface area contributed by atoms with Crippen LogP contribution in [0.25, 0.3) is 0 Å². The van der Waals surface area contributed by atoms with Gasteiger partial charge in [0.1, 0.15) is 0 Å². The molecule has 0 heterocycles. The normalized spacial score (nSPS) is 10.2. The first-order valence-corrected chi connectivity index (χ1v) is 4.20. The predicted molar refractivity (Wildman–Crippen MR) is 54.5 cm³/mol. The highest BCUT2D eigenvalue weighted by atomic mass is 16.1. The van der Waals surface area contributed by atoms with E-state index in [1.54, 1.807) is 6.08 Å². The molecule has 0 saturated heterocycles. The molecule has 0 bridgehead atoms. The summed E-state index contributed by atoms with van der Waals surface area (Å²) >= 11 is 0. The molecule has 66 valence electrons. The van der Waals surface area contributed by atoms with Gasteiger partial charge in [-0.3, -0.25) is 4.79 Å². The maximum atomic E-state index is 10.8. The van der Waals surface area contributed by atoms with E-state index in [2.05, 4.69) is 6.58 Å². The van der Waals surface area contributed by atoms with Gasteiger partial charge in [-0.15, -0.1) is 0 Å². The molecule has 1 heteroatoms. The summed E-state index contributed by atoms with van der Waals surface area (Å²) in [6, 6.07) is 10.0. The fourth-order valence-electron chi connectivity index (χ4n) is 0.993. The number of carbonyl (C=O) groups excluding carboxylic acids is 1. The Morgan fingerprint density at radius 1 is 1.31 bits per heavy atom. The number of hydrogen-bond acceptors (Lipinski definition) is 1. The van der Waals surface area contributed by atoms with Crippen molar-refractivity contribution in [2.24, 2.45) is 0 Å². The highest BCUT2D eigenvalue weighted by Crippen LogP contribution is 1.99. The molecule has 0 amide bonds. The number of benzene rings is 1. The highest BCUT2D eigenvalue weighted by Gasteiger charge is 1.87. The van der Waals surface area contributed by atoms with Crippen molar-refractivity contribution in [2.75, 3.05) is 0 Å². The van der Waals surface area contributed by atoms with Crippen molar-refractivity contribution in [3.63, 3.8) is 0 Å². The van der Waals surface area contributed by atoms with Crippen LogP contribution in [0.2, 0.25) is 0 Å². The summed E-state index contributed by atoms with van der Waals surface area (Å²) in [7, 11) is 0. The van der Waals surface area contributed by atoms with Gasteiger partial charge in [0.15, 0.2) is 5.78 Å². The molecule has 0 N–H and O–H groups in total. The van der Waals surface area contributed by atoms with Crippen LogP contribution in [-0.2, 0) is 11.2 Å². The third-order valence-corrected chi connectivity index (χ3v) is 1.68. The third kappa shape index (κ3) is 3.52. The average molecular weight is 172 g/mol. The molecule has 0 spiro atoms. The second kappa shape index (κ2) is 5.09. The van der Waals surface area contributed by atoms with E-state index < -0.39 is 0 Å². The number of ketones is 1. The van der Waals surface area contributed by atoms with Gasteiger partial charge in [-0.25, -0.2) is 0 Å². The molecule has 13 heavy (non-hydrogen) atoms. The average Bonchev–Trinajstić information content (AvgIpc) is 2.19. The minimum Gasteiger partial charge on any atom is -0.290 e. The molecule has 1 nitrogen and oxygen atoms in total. The first-order valence-electron chi connectivity index (χ1n) is 4.20. The minimum absolute atomic E-state index is 0.0454. The van der Waals surface area contributed by atoms with Gasteiger partial charge in [-0.2, -0.15) is 0 Å². The van der Waals surface area contributed by atoms with Crippen LogP contribution in [0.5, 0.6) is 0 Å². The summed E-state index contributed by atoms with van der Waals surface area (Å²) < 4.78 is 0. The Morgan fingerprint density at radius 3 is 2.62 bits per heavy atom. The smallest absolute Gasteiger partial charge is 0.177 e. The van der Waals surface area contributed by atoms with E-state index in [1.807, 2.05) is 36.4 Å². The monoisotopic (exact) mass is 172 g/mol. The largest absolute Gasteiger partial charge is 0.290 e. The Hall–Kier alpha value is -1.63. The lowest BCUT2D eigenvalue weighted by molar-refractivity contribution is -0.110. The molecule has 0 fully saturated rings. The molecule has 0 unspecified atom stereocenters. The predicted octanol–water partition coefficient (Wildman–Crippen LogP) is 2.54. The number of hydrogen-bond donors (Lipinski definition) is 0. The maximum Gasteiger partial charge on any atom is 0.177 e. The standard InChI is InChI=1S/C12H12O/c1-2-12(13)10-6-9-11-7-4-3-5-8-11/h2-8,10H,1,9H2. The Kier molecular flexibility index (Phi) is 3.71. The van der Waals surface area contributed by atoms with Crippen LogP contribution in [0.1, 0.15) is 5.56 Å². The Labute approximate surface area is 78.4 Å². The van der Waals surface area contributed by atoms with Gasteiger partial charge in [0.05, 0.1) is 0 Å². The SMILES string of the molecule is C=CC(=O)C=CCc1ccccc1. The molecule has 1 aromatic rings. The van der Waals surface area contributed by atoms with Crippen LogP contribution < -0.4 is 0 Å². The molecule has 0 saturated carbocycles. The quantitative estimate of drug-likeness (QED) is 0.638. The van der Waals surface area contributed by atoms with Crippen molar-refractivity contribution < 1.29 is 4.79 Å². The van der Waals surface area contributed by atoms with Crippen molar-refractivity contribution in [2.45, 2.75) is 6.42 Å². The van der Waals surface area contributed by atoms with Crippen molar-refractivity contribution in [3.05, 3.63) is 60.7 Å². The van der Waals surface area contributed by atoms with Crippen LogP contribution in [0, 0.1) is 0 Å². The lowest BCUT2D eigenvalue weighted by Gasteiger charge is -1.92. The topological polar surface area (TPSA) is 17.1 Å². The Balaban J connectivity index is 2.48. The molecule has 1 aromatic carbocycles. The van der Waals surface area contributed by atoms with E-state index in [0.29, 0.717) is 0 Å². The van der Waals surface area contributed by atoms with Crippen LogP contribution in [0.15, 0.2) is 55.1 Å². The zero-order valence-corrected chi connectivity index (χ0v) is 7.44. The molecule has 0 aliphatic heterocycles. The third-order valence-electron chi connectivity index (χ3n) is 1.68. The van der Waals surface area contributed by atoms with Gasteiger partial charge in [0, 0.05) is 0 Å². The summed E-state index contributed by atoms with van der Waals surface area (Å²) in [5, 5.41) is 0. The lowest BCUT2D eigenvalue weighted by atomic mass is 10.1. The van der Waals surface area contributed by atoms with Gasteiger partial charge in [0.25, 0.3) is 0 Å². The summed E-state index contributed by atoms with van der Waals surface area (Å²) in [6.45, 7) is 3.39. The second-order valence-electron chi connectivity index (χ2n) is 2.70. The van der Waals surface area contributed by atoms with Crippen LogP contribution in [0.3, 0.4) is 0 Å². The fourth-order valence-corrected chi connectivity index (χ4v) is 0.993. The van der Waals surface area contributed by atoms with Crippen LogP contribution >= 0.6 is 0 Å².